The normalized spacial score (nSPS) is 33.9. The summed E-state index contributed by atoms with van der Waals surface area (Å²) < 4.78 is 12.7. The number of ether oxygens (including phenoxy) is 2. The summed E-state index contributed by atoms with van der Waals surface area (Å²) in [6.45, 7) is 7.20. The molecule has 6 aliphatic rings. The van der Waals surface area contributed by atoms with Crippen LogP contribution in [0, 0.1) is 11.8 Å². The molecule has 0 amide bonds. The molecule has 8 rings (SSSR count). The third kappa shape index (κ3) is 4.46. The number of hydrogen-bond donors (Lipinski definition) is 0. The van der Waals surface area contributed by atoms with Crippen molar-refractivity contribution in [3.63, 3.8) is 0 Å². The third-order valence-corrected chi connectivity index (χ3v) is 8.67. The molecule has 6 heterocycles. The Morgan fingerprint density at radius 1 is 0.581 bits per heavy atom. The molecule has 6 aliphatic heterocycles. The summed E-state index contributed by atoms with van der Waals surface area (Å²) in [5.41, 5.74) is 0. The van der Waals surface area contributed by atoms with Gasteiger partial charge in [-0.05, 0) is 112 Å². The summed E-state index contributed by atoms with van der Waals surface area (Å²) in [5.74, 6) is 3.48. The van der Waals surface area contributed by atoms with Crippen LogP contribution >= 0.6 is 11.8 Å². The van der Waals surface area contributed by atoms with Gasteiger partial charge in [-0.3, -0.25) is 9.80 Å². The molecule has 5 heteroatoms. The van der Waals surface area contributed by atoms with Gasteiger partial charge in [0.25, 0.3) is 0 Å². The average molecular weight is 437 g/mol. The quantitative estimate of drug-likeness (QED) is 0.649. The first-order valence-electron chi connectivity index (χ1n) is 11.9. The number of fused-ring (bicyclic) bond motifs is 6. The smallest absolute Gasteiger partial charge is 0.119 e. The lowest BCUT2D eigenvalue weighted by molar-refractivity contribution is -0.00781. The summed E-state index contributed by atoms with van der Waals surface area (Å²) in [6, 6.07) is 17.2. The minimum absolute atomic E-state index is 0.365. The Morgan fingerprint density at radius 3 is 1.29 bits per heavy atom. The monoisotopic (exact) mass is 436 g/mol. The molecule has 0 radical (unpaired) electrons. The van der Waals surface area contributed by atoms with Gasteiger partial charge in [0.05, 0.1) is 0 Å². The van der Waals surface area contributed by atoms with Gasteiger partial charge in [-0.25, -0.2) is 0 Å². The summed E-state index contributed by atoms with van der Waals surface area (Å²) in [6.07, 6.45) is 5.89. The SMILES string of the molecule is c1cc(Sc2ccc(O[C@H]3CN4CCC3CC4)cc2)ccc1O[C@H]1CN2CCC1CC2. The van der Waals surface area contributed by atoms with Gasteiger partial charge in [-0.15, -0.1) is 0 Å². The topological polar surface area (TPSA) is 24.9 Å². The standard InChI is InChI=1S/C26H32N2O2S/c1-5-23(6-2-21(1)29-25-17-27-13-9-19(25)10-14-27)31-24-7-3-22(4-8-24)30-26-18-28-15-11-20(26)12-16-28/h1-8,19-20,25-26H,9-18H2/t25-,26-/m0/s1. The summed E-state index contributed by atoms with van der Waals surface area (Å²) in [5, 5.41) is 0. The fourth-order valence-corrected chi connectivity index (χ4v) is 6.56. The van der Waals surface area contributed by atoms with Crippen LogP contribution in [0.2, 0.25) is 0 Å². The molecule has 2 atom stereocenters. The molecule has 6 saturated heterocycles. The maximum absolute atomic E-state index is 6.33. The lowest BCUT2D eigenvalue weighted by Crippen LogP contribution is -2.52. The molecular weight excluding hydrogens is 404 g/mol. The largest absolute Gasteiger partial charge is 0.489 e. The van der Waals surface area contributed by atoms with Crippen LogP contribution in [0.1, 0.15) is 25.7 Å². The molecule has 4 bridgehead atoms. The third-order valence-electron chi connectivity index (χ3n) is 7.65. The Kier molecular flexibility index (Phi) is 5.59. The predicted octanol–water partition coefficient (Wildman–Crippen LogP) is 4.78. The van der Waals surface area contributed by atoms with Crippen molar-refractivity contribution >= 4 is 11.8 Å². The number of rotatable bonds is 6. The second-order valence-electron chi connectivity index (χ2n) is 9.63. The Hall–Kier alpha value is -1.69. The van der Waals surface area contributed by atoms with Gasteiger partial charge in [0, 0.05) is 22.9 Å². The van der Waals surface area contributed by atoms with Crippen LogP contribution in [0.5, 0.6) is 11.5 Å². The van der Waals surface area contributed by atoms with Gasteiger partial charge < -0.3 is 9.47 Å². The van der Waals surface area contributed by atoms with Crippen LogP contribution in [-0.2, 0) is 0 Å². The minimum atomic E-state index is 0.365. The van der Waals surface area contributed by atoms with Crippen LogP contribution in [0.3, 0.4) is 0 Å². The van der Waals surface area contributed by atoms with E-state index in [-0.39, 0.29) is 0 Å². The first kappa shape index (κ1) is 20.0. The molecule has 164 valence electrons. The first-order chi connectivity index (χ1) is 15.3. The molecule has 0 aromatic heterocycles. The molecule has 0 saturated carbocycles. The fraction of sp³-hybridized carbons (Fsp3) is 0.538. The molecule has 2 aromatic carbocycles. The van der Waals surface area contributed by atoms with Crippen molar-refractivity contribution in [3.8, 4) is 11.5 Å². The molecule has 0 N–H and O–H groups in total. The van der Waals surface area contributed by atoms with Crippen LogP contribution in [0.25, 0.3) is 0 Å². The number of piperidine rings is 6. The van der Waals surface area contributed by atoms with E-state index < -0.39 is 0 Å². The Balaban J connectivity index is 1.03. The Bertz CT molecular complexity index is 798. The lowest BCUT2D eigenvalue weighted by Gasteiger charge is -2.44. The van der Waals surface area contributed by atoms with Gasteiger partial charge >= 0.3 is 0 Å². The molecule has 2 aromatic rings. The average Bonchev–Trinajstić information content (AvgIpc) is 2.83. The molecule has 0 aliphatic carbocycles. The van der Waals surface area contributed by atoms with E-state index in [1.807, 2.05) is 0 Å². The lowest BCUT2D eigenvalue weighted by atomic mass is 9.86. The van der Waals surface area contributed by atoms with Gasteiger partial charge in [0.1, 0.15) is 23.7 Å². The molecule has 31 heavy (non-hydrogen) atoms. The second kappa shape index (κ2) is 8.68. The fourth-order valence-electron chi connectivity index (χ4n) is 5.75. The highest BCUT2D eigenvalue weighted by Gasteiger charge is 2.36. The van der Waals surface area contributed by atoms with E-state index in [2.05, 4.69) is 58.3 Å². The summed E-state index contributed by atoms with van der Waals surface area (Å²) >= 11 is 1.79. The zero-order valence-corrected chi connectivity index (χ0v) is 18.9. The Labute approximate surface area is 189 Å². The summed E-state index contributed by atoms with van der Waals surface area (Å²) in [7, 11) is 0. The van der Waals surface area contributed by atoms with Crippen molar-refractivity contribution in [2.75, 3.05) is 39.3 Å². The molecular formula is C26H32N2O2S. The van der Waals surface area contributed by atoms with E-state index in [4.69, 9.17) is 9.47 Å². The van der Waals surface area contributed by atoms with Crippen molar-refractivity contribution in [2.45, 2.75) is 47.7 Å². The second-order valence-corrected chi connectivity index (χ2v) is 10.8. The highest BCUT2D eigenvalue weighted by atomic mass is 32.2. The van der Waals surface area contributed by atoms with Crippen molar-refractivity contribution in [1.82, 2.24) is 9.80 Å². The van der Waals surface area contributed by atoms with Crippen LogP contribution in [0.15, 0.2) is 58.3 Å². The maximum Gasteiger partial charge on any atom is 0.119 e. The predicted molar refractivity (Wildman–Crippen MR) is 124 cm³/mol. The van der Waals surface area contributed by atoms with Crippen LogP contribution < -0.4 is 9.47 Å². The van der Waals surface area contributed by atoms with Crippen molar-refractivity contribution in [1.29, 1.82) is 0 Å². The van der Waals surface area contributed by atoms with E-state index in [0.29, 0.717) is 12.2 Å². The van der Waals surface area contributed by atoms with Crippen LogP contribution in [-0.4, -0.2) is 61.3 Å². The number of hydrogen-bond acceptors (Lipinski definition) is 5. The summed E-state index contributed by atoms with van der Waals surface area (Å²) in [4.78, 5) is 7.57. The van der Waals surface area contributed by atoms with Gasteiger partial charge in [0.15, 0.2) is 0 Å². The van der Waals surface area contributed by atoms with Gasteiger partial charge in [0.2, 0.25) is 0 Å². The van der Waals surface area contributed by atoms with Crippen molar-refractivity contribution in [2.24, 2.45) is 11.8 Å². The number of nitrogens with zero attached hydrogens (tertiary/aromatic N) is 2. The zero-order chi connectivity index (χ0) is 20.6. The highest BCUT2D eigenvalue weighted by Crippen LogP contribution is 2.34. The zero-order valence-electron chi connectivity index (χ0n) is 18.1. The Morgan fingerprint density at radius 2 is 0.968 bits per heavy atom. The minimum Gasteiger partial charge on any atom is -0.489 e. The van der Waals surface area contributed by atoms with Crippen molar-refractivity contribution < 1.29 is 9.47 Å². The first-order valence-corrected chi connectivity index (χ1v) is 12.8. The molecule has 6 fully saturated rings. The number of benzene rings is 2. The van der Waals surface area contributed by atoms with Crippen LogP contribution in [0.4, 0.5) is 0 Å². The van der Waals surface area contributed by atoms with E-state index in [0.717, 1.165) is 36.4 Å². The van der Waals surface area contributed by atoms with Gasteiger partial charge in [-0.1, -0.05) is 11.8 Å². The maximum atomic E-state index is 6.33. The molecule has 0 spiro atoms. The van der Waals surface area contributed by atoms with E-state index in [1.165, 1.54) is 61.7 Å². The van der Waals surface area contributed by atoms with Gasteiger partial charge in [-0.2, -0.15) is 0 Å². The molecule has 4 nitrogen and oxygen atoms in total. The van der Waals surface area contributed by atoms with E-state index in [1.54, 1.807) is 11.8 Å². The molecule has 0 unspecified atom stereocenters. The van der Waals surface area contributed by atoms with Crippen molar-refractivity contribution in [3.05, 3.63) is 48.5 Å². The van der Waals surface area contributed by atoms with E-state index in [9.17, 15) is 0 Å². The highest BCUT2D eigenvalue weighted by molar-refractivity contribution is 7.99. The van der Waals surface area contributed by atoms with E-state index >= 15 is 0 Å².